The van der Waals surface area contributed by atoms with Gasteiger partial charge in [-0.1, -0.05) is 129 Å². The second-order valence-corrected chi connectivity index (χ2v) is 11.3. The van der Waals surface area contributed by atoms with E-state index >= 15 is 0 Å². The summed E-state index contributed by atoms with van der Waals surface area (Å²) >= 11 is 0. The normalized spacial score (nSPS) is 12.4. The number of carbonyl (C=O) groups excluding carboxylic acids is 2. The van der Waals surface area contributed by atoms with Gasteiger partial charge in [-0.2, -0.15) is 0 Å². The fraction of sp³-hybridized carbons (Fsp3) is 0.933. The molecule has 5 nitrogen and oxygen atoms in total. The molecule has 0 spiro atoms. The molecular weight excluding hydrogens is 438 g/mol. The minimum absolute atomic E-state index is 0.409. The number of alkyl carbamates (subject to hydrolysis) is 1. The molecule has 0 bridgehead atoms. The van der Waals surface area contributed by atoms with E-state index in [-0.39, 0.29) is 0 Å². The van der Waals surface area contributed by atoms with E-state index in [1.54, 1.807) is 27.7 Å². The van der Waals surface area contributed by atoms with Crippen LogP contribution in [0.2, 0.25) is 0 Å². The number of esters is 1. The zero-order valence-corrected chi connectivity index (χ0v) is 24.1. The first-order valence-corrected chi connectivity index (χ1v) is 14.9. The van der Waals surface area contributed by atoms with Crippen LogP contribution < -0.4 is 5.32 Å². The van der Waals surface area contributed by atoms with E-state index in [2.05, 4.69) is 12.2 Å². The molecule has 0 fully saturated rings. The molecule has 0 aromatic heterocycles. The van der Waals surface area contributed by atoms with Crippen molar-refractivity contribution in [2.75, 3.05) is 6.61 Å². The van der Waals surface area contributed by atoms with Crippen molar-refractivity contribution in [3.63, 3.8) is 0 Å². The SMILES string of the molecule is CCCCCCCCCCCCCCCCCCCCCCOC(=O)[C@H](C)NC(=O)OC(C)(C)C. The molecule has 0 saturated carbocycles. The van der Waals surface area contributed by atoms with Gasteiger partial charge in [0.05, 0.1) is 6.61 Å². The highest BCUT2D eigenvalue weighted by atomic mass is 16.6. The van der Waals surface area contributed by atoms with E-state index in [4.69, 9.17) is 9.47 Å². The lowest BCUT2D eigenvalue weighted by Crippen LogP contribution is -2.42. The molecule has 5 heteroatoms. The Bertz CT molecular complexity index is 501. The minimum atomic E-state index is -0.699. The van der Waals surface area contributed by atoms with Crippen molar-refractivity contribution in [1.82, 2.24) is 5.32 Å². The maximum Gasteiger partial charge on any atom is 0.408 e. The minimum Gasteiger partial charge on any atom is -0.464 e. The number of rotatable bonds is 23. The van der Waals surface area contributed by atoms with E-state index in [0.29, 0.717) is 6.61 Å². The van der Waals surface area contributed by atoms with Gasteiger partial charge in [-0.25, -0.2) is 9.59 Å². The first-order chi connectivity index (χ1) is 16.8. The van der Waals surface area contributed by atoms with Crippen LogP contribution in [0.15, 0.2) is 0 Å². The van der Waals surface area contributed by atoms with Crippen LogP contribution in [0, 0.1) is 0 Å². The third kappa shape index (κ3) is 25.6. The average molecular weight is 498 g/mol. The van der Waals surface area contributed by atoms with Gasteiger partial charge in [0.25, 0.3) is 0 Å². The van der Waals surface area contributed by atoms with Crippen molar-refractivity contribution >= 4 is 12.1 Å². The Morgan fingerprint density at radius 1 is 0.629 bits per heavy atom. The first-order valence-electron chi connectivity index (χ1n) is 14.9. The number of hydrogen-bond donors (Lipinski definition) is 1. The van der Waals surface area contributed by atoms with Gasteiger partial charge in [-0.05, 0) is 34.1 Å². The number of hydrogen-bond acceptors (Lipinski definition) is 4. The predicted molar refractivity (Wildman–Crippen MR) is 148 cm³/mol. The molecule has 0 aliphatic rings. The molecule has 0 heterocycles. The molecule has 0 aliphatic carbocycles. The molecule has 0 rings (SSSR count). The van der Waals surface area contributed by atoms with Crippen LogP contribution in [-0.4, -0.2) is 30.3 Å². The first kappa shape index (κ1) is 33.7. The summed E-state index contributed by atoms with van der Waals surface area (Å²) in [5, 5.41) is 2.51. The number of amides is 1. The standard InChI is InChI=1S/C30H59NO4/c1-6-7-8-9-10-11-12-13-14-15-16-17-18-19-20-21-22-23-24-25-26-34-28(32)27(2)31-29(33)35-30(3,4)5/h27H,6-26H2,1-5H3,(H,31,33)/t27-/m0/s1. The Kier molecular flexibility index (Phi) is 22.3. The van der Waals surface area contributed by atoms with Crippen molar-refractivity contribution in [3.05, 3.63) is 0 Å². The van der Waals surface area contributed by atoms with E-state index < -0.39 is 23.7 Å². The summed E-state index contributed by atoms with van der Waals surface area (Å²) in [5.41, 5.74) is -0.583. The Labute approximate surface area is 217 Å². The van der Waals surface area contributed by atoms with Crippen molar-refractivity contribution in [2.24, 2.45) is 0 Å². The van der Waals surface area contributed by atoms with E-state index in [1.165, 1.54) is 116 Å². The topological polar surface area (TPSA) is 64.6 Å². The zero-order valence-electron chi connectivity index (χ0n) is 24.1. The van der Waals surface area contributed by atoms with Crippen LogP contribution in [0.4, 0.5) is 4.79 Å². The summed E-state index contributed by atoms with van der Waals surface area (Å²) in [7, 11) is 0. The lowest BCUT2D eigenvalue weighted by molar-refractivity contribution is -0.145. The van der Waals surface area contributed by atoms with Gasteiger partial charge in [-0.15, -0.1) is 0 Å². The van der Waals surface area contributed by atoms with Crippen molar-refractivity contribution in [2.45, 2.75) is 175 Å². The second kappa shape index (κ2) is 23.2. The summed E-state index contributed by atoms with van der Waals surface area (Å²) < 4.78 is 10.4. The lowest BCUT2D eigenvalue weighted by Gasteiger charge is -2.21. The highest BCUT2D eigenvalue weighted by molar-refractivity contribution is 5.80. The lowest BCUT2D eigenvalue weighted by atomic mass is 10.0. The molecule has 1 N–H and O–H groups in total. The number of carbonyl (C=O) groups is 2. The van der Waals surface area contributed by atoms with Crippen molar-refractivity contribution in [3.8, 4) is 0 Å². The Balaban J connectivity index is 3.32. The summed E-state index contributed by atoms with van der Waals surface area (Å²) in [6.07, 6.45) is 26.4. The molecule has 0 aromatic rings. The number of ether oxygens (including phenoxy) is 2. The third-order valence-electron chi connectivity index (χ3n) is 6.33. The summed E-state index contributed by atoms with van der Waals surface area (Å²) in [5.74, 6) is -0.409. The van der Waals surface area contributed by atoms with Gasteiger partial charge in [0.2, 0.25) is 0 Å². The van der Waals surface area contributed by atoms with Crippen LogP contribution in [0.1, 0.15) is 163 Å². The van der Waals surface area contributed by atoms with Crippen LogP contribution in [0.5, 0.6) is 0 Å². The zero-order chi connectivity index (χ0) is 26.2. The number of unbranched alkanes of at least 4 members (excludes halogenated alkanes) is 19. The smallest absolute Gasteiger partial charge is 0.408 e. The van der Waals surface area contributed by atoms with Crippen LogP contribution in [-0.2, 0) is 14.3 Å². The van der Waals surface area contributed by atoms with Crippen LogP contribution >= 0.6 is 0 Å². The molecule has 35 heavy (non-hydrogen) atoms. The molecular formula is C30H59NO4. The van der Waals surface area contributed by atoms with Gasteiger partial charge in [-0.3, -0.25) is 0 Å². The van der Waals surface area contributed by atoms with E-state index in [1.807, 2.05) is 0 Å². The van der Waals surface area contributed by atoms with Gasteiger partial charge in [0.1, 0.15) is 11.6 Å². The van der Waals surface area contributed by atoms with Crippen LogP contribution in [0.25, 0.3) is 0 Å². The Morgan fingerprint density at radius 2 is 0.971 bits per heavy atom. The quantitative estimate of drug-likeness (QED) is 0.113. The van der Waals surface area contributed by atoms with Crippen LogP contribution in [0.3, 0.4) is 0 Å². The van der Waals surface area contributed by atoms with Crippen molar-refractivity contribution in [1.29, 1.82) is 0 Å². The molecule has 0 saturated heterocycles. The molecule has 0 unspecified atom stereocenters. The molecule has 0 radical (unpaired) electrons. The van der Waals surface area contributed by atoms with Gasteiger partial charge < -0.3 is 14.8 Å². The summed E-state index contributed by atoms with van der Waals surface area (Å²) in [6, 6.07) is -0.699. The highest BCUT2D eigenvalue weighted by Gasteiger charge is 2.21. The van der Waals surface area contributed by atoms with E-state index in [0.717, 1.165) is 12.8 Å². The average Bonchev–Trinajstić information content (AvgIpc) is 2.78. The second-order valence-electron chi connectivity index (χ2n) is 11.3. The predicted octanol–water partition coefficient (Wildman–Crippen LogP) is 9.26. The van der Waals surface area contributed by atoms with Gasteiger partial charge >= 0.3 is 12.1 Å². The Hall–Kier alpha value is -1.26. The van der Waals surface area contributed by atoms with Crippen molar-refractivity contribution < 1.29 is 19.1 Å². The summed E-state index contributed by atoms with van der Waals surface area (Å²) in [4.78, 5) is 23.6. The third-order valence-corrected chi connectivity index (χ3v) is 6.33. The number of nitrogens with one attached hydrogen (secondary N) is 1. The molecule has 0 aliphatic heterocycles. The molecule has 1 amide bonds. The fourth-order valence-corrected chi connectivity index (χ4v) is 4.20. The maximum absolute atomic E-state index is 12.0. The highest BCUT2D eigenvalue weighted by Crippen LogP contribution is 2.15. The molecule has 1 atom stereocenters. The fourth-order valence-electron chi connectivity index (χ4n) is 4.20. The van der Waals surface area contributed by atoms with Gasteiger partial charge in [0.15, 0.2) is 0 Å². The monoisotopic (exact) mass is 497 g/mol. The summed E-state index contributed by atoms with van der Waals surface area (Å²) in [6.45, 7) is 9.67. The van der Waals surface area contributed by atoms with E-state index in [9.17, 15) is 9.59 Å². The Morgan fingerprint density at radius 3 is 1.31 bits per heavy atom. The molecule has 0 aromatic carbocycles. The largest absolute Gasteiger partial charge is 0.464 e. The molecule has 208 valence electrons. The maximum atomic E-state index is 12.0. The van der Waals surface area contributed by atoms with Gasteiger partial charge in [0, 0.05) is 0 Å².